The standard InChI is InChI=1S/C18H26N2O2/c1-13(2)11-19(12-14(3)4)17(21)18(22)20-10-9-15-7-5-6-8-16(15)20/h5-8,13-14H,9-12H2,1-4H3. The Hall–Kier alpha value is -1.84. The monoisotopic (exact) mass is 302 g/mol. The van der Waals surface area contributed by atoms with Crippen LogP contribution in [0.5, 0.6) is 0 Å². The SMILES string of the molecule is CC(C)CN(CC(C)C)C(=O)C(=O)N1CCc2ccccc21. The second-order valence-corrected chi connectivity index (χ2v) is 6.83. The van der Waals surface area contributed by atoms with E-state index < -0.39 is 5.91 Å². The summed E-state index contributed by atoms with van der Waals surface area (Å²) < 4.78 is 0. The Kier molecular flexibility index (Phi) is 5.22. The lowest BCUT2D eigenvalue weighted by Gasteiger charge is -2.28. The van der Waals surface area contributed by atoms with E-state index in [1.54, 1.807) is 9.80 Å². The van der Waals surface area contributed by atoms with Gasteiger partial charge in [-0.15, -0.1) is 0 Å². The van der Waals surface area contributed by atoms with Gasteiger partial charge in [0.05, 0.1) is 0 Å². The normalized spacial score (nSPS) is 13.6. The molecule has 0 spiro atoms. The van der Waals surface area contributed by atoms with Crippen molar-refractivity contribution in [2.45, 2.75) is 34.1 Å². The van der Waals surface area contributed by atoms with E-state index in [1.807, 2.05) is 24.3 Å². The highest BCUT2D eigenvalue weighted by molar-refractivity contribution is 6.40. The number of hydrogen-bond donors (Lipinski definition) is 0. The molecule has 0 radical (unpaired) electrons. The summed E-state index contributed by atoms with van der Waals surface area (Å²) in [7, 11) is 0. The predicted molar refractivity (Wildman–Crippen MR) is 88.8 cm³/mol. The minimum absolute atomic E-state index is 0.348. The molecule has 0 N–H and O–H groups in total. The molecule has 1 aliphatic rings. The fourth-order valence-corrected chi connectivity index (χ4v) is 2.92. The van der Waals surface area contributed by atoms with Crippen LogP contribution in [0.4, 0.5) is 5.69 Å². The molecule has 2 rings (SSSR count). The Morgan fingerprint density at radius 2 is 1.68 bits per heavy atom. The van der Waals surface area contributed by atoms with Crippen molar-refractivity contribution in [1.82, 2.24) is 4.90 Å². The Morgan fingerprint density at radius 3 is 2.27 bits per heavy atom. The topological polar surface area (TPSA) is 40.6 Å². The van der Waals surface area contributed by atoms with E-state index >= 15 is 0 Å². The maximum atomic E-state index is 12.6. The van der Waals surface area contributed by atoms with Gasteiger partial charge in [0.25, 0.3) is 0 Å². The zero-order valence-electron chi connectivity index (χ0n) is 14.0. The summed E-state index contributed by atoms with van der Waals surface area (Å²) in [4.78, 5) is 28.6. The zero-order valence-corrected chi connectivity index (χ0v) is 14.0. The van der Waals surface area contributed by atoms with Gasteiger partial charge in [-0.25, -0.2) is 0 Å². The summed E-state index contributed by atoms with van der Waals surface area (Å²) >= 11 is 0. The van der Waals surface area contributed by atoms with Crippen LogP contribution in [0.25, 0.3) is 0 Å². The summed E-state index contributed by atoms with van der Waals surface area (Å²) in [6, 6.07) is 7.82. The molecule has 0 bridgehead atoms. The van der Waals surface area contributed by atoms with Gasteiger partial charge in [0.15, 0.2) is 0 Å². The van der Waals surface area contributed by atoms with Crippen molar-refractivity contribution in [3.63, 3.8) is 0 Å². The summed E-state index contributed by atoms with van der Waals surface area (Å²) in [5.74, 6) is -0.0759. The quantitative estimate of drug-likeness (QED) is 0.802. The summed E-state index contributed by atoms with van der Waals surface area (Å²) in [5, 5.41) is 0. The first-order valence-corrected chi connectivity index (χ1v) is 8.08. The summed E-state index contributed by atoms with van der Waals surface area (Å²) in [6.45, 7) is 10.1. The number of hydrogen-bond acceptors (Lipinski definition) is 2. The highest BCUT2D eigenvalue weighted by Gasteiger charge is 2.32. The number of carbonyl (C=O) groups is 2. The fourth-order valence-electron chi connectivity index (χ4n) is 2.92. The lowest BCUT2D eigenvalue weighted by molar-refractivity contribution is -0.145. The smallest absolute Gasteiger partial charge is 0.316 e. The Labute approximate surface area is 133 Å². The molecule has 0 saturated heterocycles. The Balaban J connectivity index is 2.15. The molecule has 0 unspecified atom stereocenters. The van der Waals surface area contributed by atoms with Crippen LogP contribution >= 0.6 is 0 Å². The van der Waals surface area contributed by atoms with Crippen LogP contribution in [0.15, 0.2) is 24.3 Å². The molecule has 0 saturated carbocycles. The largest absolute Gasteiger partial charge is 0.334 e. The second-order valence-electron chi connectivity index (χ2n) is 6.83. The second kappa shape index (κ2) is 6.95. The average Bonchev–Trinajstić information content (AvgIpc) is 2.88. The number of nitrogens with zero attached hydrogens (tertiary/aromatic N) is 2. The van der Waals surface area contributed by atoms with Gasteiger partial charge in [0.2, 0.25) is 0 Å². The minimum atomic E-state index is -0.397. The van der Waals surface area contributed by atoms with Crippen molar-refractivity contribution in [3.05, 3.63) is 29.8 Å². The van der Waals surface area contributed by atoms with Crippen molar-refractivity contribution in [1.29, 1.82) is 0 Å². The van der Waals surface area contributed by atoms with Crippen LogP contribution in [-0.4, -0.2) is 36.3 Å². The lowest BCUT2D eigenvalue weighted by atomic mass is 10.1. The summed E-state index contributed by atoms with van der Waals surface area (Å²) in [6.07, 6.45) is 0.823. The third kappa shape index (κ3) is 3.67. The molecular formula is C18H26N2O2. The Bertz CT molecular complexity index is 542. The number of anilines is 1. The van der Waals surface area contributed by atoms with Crippen LogP contribution < -0.4 is 4.90 Å². The molecule has 1 aromatic rings. The molecule has 4 heteroatoms. The number of rotatable bonds is 4. The lowest BCUT2D eigenvalue weighted by Crippen LogP contribution is -2.47. The van der Waals surface area contributed by atoms with Gasteiger partial charge in [0, 0.05) is 25.3 Å². The molecule has 0 atom stereocenters. The minimum Gasteiger partial charge on any atom is -0.334 e. The number of benzene rings is 1. The maximum Gasteiger partial charge on any atom is 0.316 e. The van der Waals surface area contributed by atoms with E-state index in [-0.39, 0.29) is 5.91 Å². The highest BCUT2D eigenvalue weighted by atomic mass is 16.2. The van der Waals surface area contributed by atoms with Crippen molar-refractivity contribution in [3.8, 4) is 0 Å². The first kappa shape index (κ1) is 16.5. The van der Waals surface area contributed by atoms with Gasteiger partial charge in [-0.05, 0) is 29.9 Å². The van der Waals surface area contributed by atoms with E-state index in [9.17, 15) is 9.59 Å². The number of carbonyl (C=O) groups excluding carboxylic acids is 2. The van der Waals surface area contributed by atoms with E-state index in [1.165, 1.54) is 0 Å². The fraction of sp³-hybridized carbons (Fsp3) is 0.556. The van der Waals surface area contributed by atoms with Gasteiger partial charge in [0.1, 0.15) is 0 Å². The van der Waals surface area contributed by atoms with Gasteiger partial charge >= 0.3 is 11.8 Å². The van der Waals surface area contributed by atoms with Crippen molar-refractivity contribution < 1.29 is 9.59 Å². The van der Waals surface area contributed by atoms with Gasteiger partial charge in [-0.1, -0.05) is 45.9 Å². The van der Waals surface area contributed by atoms with E-state index in [0.717, 1.165) is 17.7 Å². The maximum absolute atomic E-state index is 12.6. The molecule has 4 nitrogen and oxygen atoms in total. The predicted octanol–water partition coefficient (Wildman–Crippen LogP) is 2.72. The average molecular weight is 302 g/mol. The molecule has 1 aromatic carbocycles. The third-order valence-corrected chi connectivity index (χ3v) is 3.77. The van der Waals surface area contributed by atoms with Gasteiger partial charge in [-0.3, -0.25) is 9.59 Å². The van der Waals surface area contributed by atoms with E-state index in [2.05, 4.69) is 27.7 Å². The van der Waals surface area contributed by atoms with Crippen LogP contribution in [-0.2, 0) is 16.0 Å². The molecule has 1 aliphatic heterocycles. The van der Waals surface area contributed by atoms with Crippen LogP contribution in [0.3, 0.4) is 0 Å². The van der Waals surface area contributed by atoms with E-state index in [4.69, 9.17) is 0 Å². The molecule has 22 heavy (non-hydrogen) atoms. The van der Waals surface area contributed by atoms with Crippen molar-refractivity contribution >= 4 is 17.5 Å². The molecular weight excluding hydrogens is 276 g/mol. The van der Waals surface area contributed by atoms with Gasteiger partial charge < -0.3 is 9.80 Å². The van der Waals surface area contributed by atoms with Crippen LogP contribution in [0.1, 0.15) is 33.3 Å². The molecule has 0 aliphatic carbocycles. The van der Waals surface area contributed by atoms with Crippen LogP contribution in [0.2, 0.25) is 0 Å². The van der Waals surface area contributed by atoms with Crippen molar-refractivity contribution in [2.75, 3.05) is 24.5 Å². The molecule has 0 aromatic heterocycles. The first-order valence-electron chi connectivity index (χ1n) is 8.08. The molecule has 120 valence electrons. The Morgan fingerprint density at radius 1 is 1.09 bits per heavy atom. The van der Waals surface area contributed by atoms with Crippen LogP contribution in [0, 0.1) is 11.8 Å². The number of fused-ring (bicyclic) bond motifs is 1. The van der Waals surface area contributed by atoms with Gasteiger partial charge in [-0.2, -0.15) is 0 Å². The zero-order chi connectivity index (χ0) is 16.3. The molecule has 2 amide bonds. The summed E-state index contributed by atoms with van der Waals surface area (Å²) in [5.41, 5.74) is 2.03. The van der Waals surface area contributed by atoms with E-state index in [0.29, 0.717) is 31.5 Å². The number of amides is 2. The third-order valence-electron chi connectivity index (χ3n) is 3.77. The first-order chi connectivity index (χ1) is 10.4. The van der Waals surface area contributed by atoms with Crippen molar-refractivity contribution in [2.24, 2.45) is 11.8 Å². The number of para-hydroxylation sites is 1. The highest BCUT2D eigenvalue weighted by Crippen LogP contribution is 2.27. The molecule has 1 heterocycles. The molecule has 0 fully saturated rings.